The van der Waals surface area contributed by atoms with Gasteiger partial charge in [0.1, 0.15) is 5.84 Å². The van der Waals surface area contributed by atoms with Gasteiger partial charge < -0.3 is 19.1 Å². The third kappa shape index (κ3) is 5.97. The molecule has 3 aliphatic rings. The van der Waals surface area contributed by atoms with Crippen LogP contribution in [-0.2, 0) is 14.2 Å². The smallest absolute Gasteiger partial charge is 0.157 e. The van der Waals surface area contributed by atoms with Crippen molar-refractivity contribution < 1.29 is 19.7 Å². The lowest BCUT2D eigenvalue weighted by atomic mass is 10.1. The molecule has 0 bridgehead atoms. The van der Waals surface area contributed by atoms with E-state index in [1.807, 2.05) is 12.1 Å². The summed E-state index contributed by atoms with van der Waals surface area (Å²) in [6, 6.07) is 16.6. The van der Waals surface area contributed by atoms with Gasteiger partial charge in [-0.25, -0.2) is 4.99 Å². The van der Waals surface area contributed by atoms with Crippen LogP contribution in [0.3, 0.4) is 0 Å². The summed E-state index contributed by atoms with van der Waals surface area (Å²) in [5.74, 6) is 0.982. The Morgan fingerprint density at radius 1 is 1.00 bits per heavy atom. The summed E-state index contributed by atoms with van der Waals surface area (Å²) in [6.45, 7) is -0.984. The van der Waals surface area contributed by atoms with Crippen LogP contribution in [0.25, 0.3) is 0 Å². The van der Waals surface area contributed by atoms with Crippen molar-refractivity contribution in [3.8, 4) is 0 Å². The number of ether oxygens (including phenoxy) is 3. The standard InChI is InChI=1S/C26H33N3O3S/c1-3-9-23-21(7-1)26(27-22-8-2-4-10-24(22)33-23)29-14-12-28(13-15-29)16-18-30-19-20-32-25-11-5-6-17-31-25/h1-4,7-10,25H,5-6,11-20H2/i19D2,20D2. The molecule has 1 unspecified atom stereocenters. The molecule has 0 aromatic heterocycles. The highest BCUT2D eigenvalue weighted by Crippen LogP contribution is 2.40. The largest absolute Gasteiger partial charge is 0.378 e. The van der Waals surface area contributed by atoms with Gasteiger partial charge in [0.25, 0.3) is 0 Å². The van der Waals surface area contributed by atoms with E-state index in [1.54, 1.807) is 11.8 Å². The van der Waals surface area contributed by atoms with Crippen molar-refractivity contribution in [2.24, 2.45) is 4.99 Å². The molecular formula is C26H33N3O3S. The SMILES string of the molecule is [2H]C([2H])(OCCN1CCN(C2=Nc3ccccc3Sc3ccccc32)CC1)C([2H])([2H])OC1CCCCO1. The second kappa shape index (κ2) is 11.5. The van der Waals surface area contributed by atoms with E-state index in [1.165, 1.54) is 4.90 Å². The Labute approximate surface area is 206 Å². The highest BCUT2D eigenvalue weighted by Gasteiger charge is 2.25. The van der Waals surface area contributed by atoms with E-state index in [0.29, 0.717) is 19.6 Å². The monoisotopic (exact) mass is 471 g/mol. The Bertz CT molecular complexity index is 1110. The quantitative estimate of drug-likeness (QED) is 0.596. The van der Waals surface area contributed by atoms with Gasteiger partial charge in [0.15, 0.2) is 6.29 Å². The molecule has 0 saturated carbocycles. The molecule has 2 aromatic carbocycles. The lowest BCUT2D eigenvalue weighted by Crippen LogP contribution is -2.49. The Kier molecular flexibility index (Phi) is 6.42. The van der Waals surface area contributed by atoms with Gasteiger partial charge in [0, 0.05) is 54.7 Å². The third-order valence-corrected chi connectivity index (χ3v) is 7.20. The van der Waals surface area contributed by atoms with Crippen molar-refractivity contribution >= 4 is 23.3 Å². The Hall–Kier alpha value is -1.90. The molecule has 7 heteroatoms. The van der Waals surface area contributed by atoms with Gasteiger partial charge in [-0.1, -0.05) is 42.1 Å². The lowest BCUT2D eigenvalue weighted by molar-refractivity contribution is -0.169. The summed E-state index contributed by atoms with van der Waals surface area (Å²) in [6.07, 6.45) is 1.60. The molecule has 2 aromatic rings. The summed E-state index contributed by atoms with van der Waals surface area (Å²) in [5, 5.41) is 0. The van der Waals surface area contributed by atoms with Crippen LogP contribution in [-0.4, -0.2) is 81.0 Å². The highest BCUT2D eigenvalue weighted by atomic mass is 32.2. The molecule has 2 fully saturated rings. The fourth-order valence-corrected chi connectivity index (χ4v) is 5.26. The number of rotatable bonds is 7. The van der Waals surface area contributed by atoms with Crippen LogP contribution in [0.4, 0.5) is 5.69 Å². The normalized spacial score (nSPS) is 23.8. The molecule has 5 rings (SSSR count). The summed E-state index contributed by atoms with van der Waals surface area (Å²) >= 11 is 1.75. The van der Waals surface area contributed by atoms with Gasteiger partial charge in [-0.05, 0) is 37.5 Å². The Morgan fingerprint density at radius 3 is 2.67 bits per heavy atom. The first kappa shape index (κ1) is 18.4. The average molecular weight is 472 g/mol. The predicted molar refractivity (Wildman–Crippen MR) is 132 cm³/mol. The minimum atomic E-state index is -2.60. The van der Waals surface area contributed by atoms with Crippen LogP contribution >= 0.6 is 11.8 Å². The zero-order valence-corrected chi connectivity index (χ0v) is 19.6. The Morgan fingerprint density at radius 2 is 1.82 bits per heavy atom. The first-order valence-corrected chi connectivity index (χ1v) is 12.5. The zero-order chi connectivity index (χ0) is 25.9. The van der Waals surface area contributed by atoms with Crippen molar-refractivity contribution in [1.82, 2.24) is 9.80 Å². The predicted octanol–water partition coefficient (Wildman–Crippen LogP) is 4.41. The fraction of sp³-hybridized carbons (Fsp3) is 0.500. The lowest BCUT2D eigenvalue weighted by Gasteiger charge is -2.36. The molecule has 0 amide bonds. The first-order valence-electron chi connectivity index (χ1n) is 13.7. The van der Waals surface area contributed by atoms with Crippen molar-refractivity contribution in [2.75, 3.05) is 59.1 Å². The number of para-hydroxylation sites is 1. The molecule has 0 aliphatic carbocycles. The Balaban J connectivity index is 1.16. The number of aliphatic imine (C=N–C) groups is 1. The number of benzene rings is 2. The minimum absolute atomic E-state index is 0.0647. The van der Waals surface area contributed by atoms with Gasteiger partial charge in [-0.3, -0.25) is 4.90 Å². The maximum atomic E-state index is 8.12. The number of nitrogens with zero attached hydrogens (tertiary/aromatic N) is 3. The molecule has 0 N–H and O–H groups in total. The van der Waals surface area contributed by atoms with E-state index in [9.17, 15) is 0 Å². The zero-order valence-electron chi connectivity index (χ0n) is 22.7. The number of hydrogen-bond donors (Lipinski definition) is 0. The van der Waals surface area contributed by atoms with E-state index in [4.69, 9.17) is 24.7 Å². The van der Waals surface area contributed by atoms with Gasteiger partial charge in [0.05, 0.1) is 30.9 Å². The number of fused-ring (bicyclic) bond motifs is 2. The summed E-state index contributed by atoms with van der Waals surface area (Å²) < 4.78 is 48.5. The van der Waals surface area contributed by atoms with Crippen LogP contribution in [0.2, 0.25) is 0 Å². The molecule has 0 spiro atoms. The van der Waals surface area contributed by atoms with E-state index in [0.717, 1.165) is 61.0 Å². The third-order valence-electron chi connectivity index (χ3n) is 6.06. The molecule has 2 saturated heterocycles. The maximum absolute atomic E-state index is 8.12. The van der Waals surface area contributed by atoms with Crippen molar-refractivity contribution in [2.45, 2.75) is 35.3 Å². The molecule has 3 aliphatic heterocycles. The van der Waals surface area contributed by atoms with E-state index >= 15 is 0 Å². The van der Waals surface area contributed by atoms with Gasteiger partial charge in [-0.2, -0.15) is 0 Å². The molecule has 3 heterocycles. The van der Waals surface area contributed by atoms with E-state index in [-0.39, 0.29) is 6.61 Å². The number of amidine groups is 1. The van der Waals surface area contributed by atoms with Crippen LogP contribution in [0, 0.1) is 0 Å². The van der Waals surface area contributed by atoms with Crippen LogP contribution in [0.1, 0.15) is 30.3 Å². The summed E-state index contributed by atoms with van der Waals surface area (Å²) in [5.41, 5.74) is 2.12. The summed E-state index contributed by atoms with van der Waals surface area (Å²) in [7, 11) is 0. The molecule has 33 heavy (non-hydrogen) atoms. The van der Waals surface area contributed by atoms with E-state index in [2.05, 4.69) is 46.2 Å². The van der Waals surface area contributed by atoms with E-state index < -0.39 is 19.4 Å². The topological polar surface area (TPSA) is 46.5 Å². The van der Waals surface area contributed by atoms with Crippen molar-refractivity contribution in [3.05, 3.63) is 54.1 Å². The summed E-state index contributed by atoms with van der Waals surface area (Å²) in [4.78, 5) is 11.9. The van der Waals surface area contributed by atoms with Crippen LogP contribution in [0.15, 0.2) is 63.3 Å². The second-order valence-electron chi connectivity index (χ2n) is 8.30. The van der Waals surface area contributed by atoms with Crippen LogP contribution in [0.5, 0.6) is 0 Å². The number of hydrogen-bond acceptors (Lipinski definition) is 7. The van der Waals surface area contributed by atoms with Gasteiger partial charge in [-0.15, -0.1) is 0 Å². The molecular weight excluding hydrogens is 434 g/mol. The molecule has 1 atom stereocenters. The average Bonchev–Trinajstić information content (AvgIpc) is 3.06. The highest BCUT2D eigenvalue weighted by molar-refractivity contribution is 7.99. The first-order chi connectivity index (χ1) is 17.8. The fourth-order valence-electron chi connectivity index (χ4n) is 4.24. The minimum Gasteiger partial charge on any atom is -0.378 e. The van der Waals surface area contributed by atoms with Crippen molar-refractivity contribution in [3.63, 3.8) is 0 Å². The van der Waals surface area contributed by atoms with Crippen molar-refractivity contribution in [1.29, 1.82) is 0 Å². The van der Waals surface area contributed by atoms with Gasteiger partial charge in [0.2, 0.25) is 0 Å². The molecule has 0 radical (unpaired) electrons. The maximum Gasteiger partial charge on any atom is 0.157 e. The van der Waals surface area contributed by atoms with Gasteiger partial charge >= 0.3 is 0 Å². The molecule has 176 valence electrons. The number of piperazine rings is 1. The second-order valence-corrected chi connectivity index (χ2v) is 9.38. The van der Waals surface area contributed by atoms with Crippen LogP contribution < -0.4 is 0 Å². The molecule has 6 nitrogen and oxygen atoms in total.